The summed E-state index contributed by atoms with van der Waals surface area (Å²) in [7, 11) is 0. The van der Waals surface area contributed by atoms with Crippen molar-refractivity contribution in [1.82, 2.24) is 10.2 Å². The Hall–Kier alpha value is -1.10. The van der Waals surface area contributed by atoms with Gasteiger partial charge in [0.05, 0.1) is 12.1 Å². The normalized spacial score (nSPS) is 23.2. The SMILES string of the molecule is NCC1(NC(=O)CN2CCCCCCC2=O)CCCC1. The lowest BCUT2D eigenvalue weighted by Crippen LogP contribution is -2.54. The maximum atomic E-state index is 12.2. The van der Waals surface area contributed by atoms with Crippen molar-refractivity contribution in [1.29, 1.82) is 0 Å². The van der Waals surface area contributed by atoms with Crippen LogP contribution in [0.4, 0.5) is 0 Å². The van der Waals surface area contributed by atoms with Crippen LogP contribution in [0.2, 0.25) is 0 Å². The van der Waals surface area contributed by atoms with Gasteiger partial charge in [-0.1, -0.05) is 25.7 Å². The molecule has 2 rings (SSSR count). The molecule has 0 aromatic heterocycles. The van der Waals surface area contributed by atoms with E-state index in [0.29, 0.717) is 19.5 Å². The van der Waals surface area contributed by atoms with E-state index in [9.17, 15) is 9.59 Å². The van der Waals surface area contributed by atoms with E-state index in [1.165, 1.54) is 0 Å². The monoisotopic (exact) mass is 281 g/mol. The van der Waals surface area contributed by atoms with Gasteiger partial charge in [0, 0.05) is 19.5 Å². The molecule has 1 saturated heterocycles. The average Bonchev–Trinajstić information content (AvgIpc) is 2.87. The van der Waals surface area contributed by atoms with Gasteiger partial charge in [-0.3, -0.25) is 9.59 Å². The van der Waals surface area contributed by atoms with Crippen molar-refractivity contribution in [2.45, 2.75) is 63.3 Å². The smallest absolute Gasteiger partial charge is 0.240 e. The van der Waals surface area contributed by atoms with Crippen LogP contribution in [0.3, 0.4) is 0 Å². The third-order valence-electron chi connectivity index (χ3n) is 4.61. The quantitative estimate of drug-likeness (QED) is 0.812. The molecule has 0 atom stereocenters. The van der Waals surface area contributed by atoms with Gasteiger partial charge in [0.15, 0.2) is 0 Å². The maximum absolute atomic E-state index is 12.2. The van der Waals surface area contributed by atoms with E-state index in [0.717, 1.165) is 51.4 Å². The van der Waals surface area contributed by atoms with Crippen LogP contribution in [0.5, 0.6) is 0 Å². The van der Waals surface area contributed by atoms with Crippen LogP contribution in [0, 0.1) is 0 Å². The third-order valence-corrected chi connectivity index (χ3v) is 4.61. The standard InChI is InChI=1S/C15H27N3O2/c16-12-15(8-4-5-9-15)17-13(19)11-18-10-6-2-1-3-7-14(18)20/h1-12,16H2,(H,17,19). The van der Waals surface area contributed by atoms with Crippen LogP contribution in [0.25, 0.3) is 0 Å². The molecule has 114 valence electrons. The largest absolute Gasteiger partial charge is 0.348 e. The van der Waals surface area contributed by atoms with Crippen LogP contribution < -0.4 is 11.1 Å². The highest BCUT2D eigenvalue weighted by atomic mass is 16.2. The summed E-state index contributed by atoms with van der Waals surface area (Å²) < 4.78 is 0. The number of carbonyl (C=O) groups is 2. The van der Waals surface area contributed by atoms with Crippen molar-refractivity contribution < 1.29 is 9.59 Å². The first-order valence-electron chi connectivity index (χ1n) is 7.94. The summed E-state index contributed by atoms with van der Waals surface area (Å²) in [4.78, 5) is 25.9. The summed E-state index contributed by atoms with van der Waals surface area (Å²) in [6.45, 7) is 1.40. The van der Waals surface area contributed by atoms with Crippen LogP contribution in [-0.2, 0) is 9.59 Å². The molecule has 2 amide bonds. The Balaban J connectivity index is 1.87. The molecule has 5 heteroatoms. The topological polar surface area (TPSA) is 75.4 Å². The molecule has 1 saturated carbocycles. The molecule has 0 unspecified atom stereocenters. The molecular formula is C15H27N3O2. The Kier molecular flexibility index (Phi) is 5.40. The summed E-state index contributed by atoms with van der Waals surface area (Å²) in [5.74, 6) is 0.0688. The van der Waals surface area contributed by atoms with E-state index >= 15 is 0 Å². The number of hydrogen-bond donors (Lipinski definition) is 2. The predicted octanol–water partition coefficient (Wildman–Crippen LogP) is 1.17. The van der Waals surface area contributed by atoms with Gasteiger partial charge in [0.25, 0.3) is 0 Å². The molecule has 1 heterocycles. The fourth-order valence-corrected chi connectivity index (χ4v) is 3.32. The first-order valence-corrected chi connectivity index (χ1v) is 7.94. The van der Waals surface area contributed by atoms with Crippen LogP contribution in [-0.4, -0.2) is 41.9 Å². The number of nitrogens with two attached hydrogens (primary N) is 1. The van der Waals surface area contributed by atoms with Crippen molar-refractivity contribution in [2.24, 2.45) is 5.73 Å². The number of carbonyl (C=O) groups excluding carboxylic acids is 2. The zero-order chi connectivity index (χ0) is 14.4. The zero-order valence-electron chi connectivity index (χ0n) is 12.3. The summed E-state index contributed by atoms with van der Waals surface area (Å²) in [5, 5.41) is 3.09. The summed E-state index contributed by atoms with van der Waals surface area (Å²) in [6, 6.07) is 0. The lowest BCUT2D eigenvalue weighted by atomic mass is 9.98. The summed E-state index contributed by atoms with van der Waals surface area (Å²) in [6.07, 6.45) is 8.98. The molecule has 0 radical (unpaired) electrons. The fraction of sp³-hybridized carbons (Fsp3) is 0.867. The molecule has 2 fully saturated rings. The highest BCUT2D eigenvalue weighted by Crippen LogP contribution is 2.28. The second kappa shape index (κ2) is 7.07. The average molecular weight is 281 g/mol. The number of nitrogens with one attached hydrogen (secondary N) is 1. The Labute approximate surface area is 121 Å². The van der Waals surface area contributed by atoms with E-state index in [2.05, 4.69) is 5.32 Å². The molecule has 1 aliphatic carbocycles. The summed E-state index contributed by atoms with van der Waals surface area (Å²) in [5.41, 5.74) is 5.61. The minimum Gasteiger partial charge on any atom is -0.348 e. The van der Waals surface area contributed by atoms with Gasteiger partial charge in [-0.25, -0.2) is 0 Å². The van der Waals surface area contributed by atoms with Crippen LogP contribution >= 0.6 is 0 Å². The van der Waals surface area contributed by atoms with Gasteiger partial charge in [-0.2, -0.15) is 0 Å². The molecule has 5 nitrogen and oxygen atoms in total. The van der Waals surface area contributed by atoms with Crippen LogP contribution in [0.15, 0.2) is 0 Å². The number of amides is 2. The molecule has 0 bridgehead atoms. The van der Waals surface area contributed by atoms with Crippen molar-refractivity contribution in [3.63, 3.8) is 0 Å². The van der Waals surface area contributed by atoms with Crippen molar-refractivity contribution in [3.05, 3.63) is 0 Å². The van der Waals surface area contributed by atoms with E-state index in [1.807, 2.05) is 0 Å². The van der Waals surface area contributed by atoms with E-state index in [1.54, 1.807) is 4.90 Å². The molecule has 0 spiro atoms. The van der Waals surface area contributed by atoms with Gasteiger partial charge < -0.3 is 16.0 Å². The molecule has 1 aliphatic heterocycles. The molecule has 0 aromatic carbocycles. The van der Waals surface area contributed by atoms with E-state index in [-0.39, 0.29) is 23.9 Å². The Morgan fingerprint density at radius 1 is 1.15 bits per heavy atom. The molecule has 0 aromatic rings. The van der Waals surface area contributed by atoms with Crippen molar-refractivity contribution in [2.75, 3.05) is 19.6 Å². The van der Waals surface area contributed by atoms with Crippen molar-refractivity contribution >= 4 is 11.8 Å². The molecule has 20 heavy (non-hydrogen) atoms. The van der Waals surface area contributed by atoms with Crippen LogP contribution in [0.1, 0.15) is 57.8 Å². The lowest BCUT2D eigenvalue weighted by Gasteiger charge is -2.31. The number of rotatable bonds is 4. The first kappa shape index (κ1) is 15.3. The Bertz CT molecular complexity index is 351. The minimum atomic E-state index is -0.219. The lowest BCUT2D eigenvalue weighted by molar-refractivity contribution is -0.137. The van der Waals surface area contributed by atoms with Gasteiger partial charge in [-0.05, 0) is 25.7 Å². The van der Waals surface area contributed by atoms with Crippen molar-refractivity contribution in [3.8, 4) is 0 Å². The number of likely N-dealkylation sites (tertiary alicyclic amines) is 1. The molecular weight excluding hydrogens is 254 g/mol. The van der Waals surface area contributed by atoms with Gasteiger partial charge >= 0.3 is 0 Å². The summed E-state index contributed by atoms with van der Waals surface area (Å²) >= 11 is 0. The molecule has 3 N–H and O–H groups in total. The van der Waals surface area contributed by atoms with E-state index in [4.69, 9.17) is 5.73 Å². The maximum Gasteiger partial charge on any atom is 0.240 e. The number of nitrogens with zero attached hydrogens (tertiary/aromatic N) is 1. The Morgan fingerprint density at radius 3 is 2.55 bits per heavy atom. The highest BCUT2D eigenvalue weighted by Gasteiger charge is 2.34. The predicted molar refractivity (Wildman–Crippen MR) is 78.1 cm³/mol. The van der Waals surface area contributed by atoms with E-state index < -0.39 is 0 Å². The second-order valence-electron chi connectivity index (χ2n) is 6.22. The second-order valence-corrected chi connectivity index (χ2v) is 6.22. The van der Waals surface area contributed by atoms with Gasteiger partial charge in [0.1, 0.15) is 0 Å². The minimum absolute atomic E-state index is 0.0497. The third kappa shape index (κ3) is 3.95. The highest BCUT2D eigenvalue weighted by molar-refractivity contribution is 5.85. The zero-order valence-corrected chi connectivity index (χ0v) is 12.3. The fourth-order valence-electron chi connectivity index (χ4n) is 3.32. The Morgan fingerprint density at radius 2 is 1.85 bits per heavy atom. The number of hydrogen-bond acceptors (Lipinski definition) is 3. The first-order chi connectivity index (χ1) is 9.65. The van der Waals surface area contributed by atoms with Gasteiger partial charge in [0.2, 0.25) is 11.8 Å². The molecule has 2 aliphatic rings. The van der Waals surface area contributed by atoms with Gasteiger partial charge in [-0.15, -0.1) is 0 Å².